The molecule has 0 bridgehead atoms. The molecule has 0 aliphatic carbocycles. The van der Waals surface area contributed by atoms with Crippen molar-refractivity contribution in [2.24, 2.45) is 5.92 Å². The van der Waals surface area contributed by atoms with Gasteiger partial charge in [0, 0.05) is 15.1 Å². The summed E-state index contributed by atoms with van der Waals surface area (Å²) in [5.41, 5.74) is 0.393. The molecule has 1 N–H and O–H groups in total. The first-order valence-corrected chi connectivity index (χ1v) is 7.52. The average Bonchev–Trinajstić information content (AvgIpc) is 2.30. The first-order chi connectivity index (χ1) is 8.08. The lowest BCUT2D eigenvalue weighted by Gasteiger charge is -2.12. The van der Waals surface area contributed by atoms with Crippen LogP contribution in [0.3, 0.4) is 0 Å². The van der Waals surface area contributed by atoms with Crippen LogP contribution in [0.25, 0.3) is 0 Å². The van der Waals surface area contributed by atoms with Gasteiger partial charge in [-0.05, 0) is 24.1 Å². The summed E-state index contributed by atoms with van der Waals surface area (Å²) < 4.78 is 0.926. The third kappa shape index (κ3) is 4.36. The standard InChI is InChI=1S/C13H17BrO2S/c1-3-9(4-2)8-17-12-7-10(14)5-6-11(12)13(15)16/h5-7,9H,3-4,8H2,1-2H3,(H,15,16). The summed E-state index contributed by atoms with van der Waals surface area (Å²) in [6.07, 6.45) is 2.28. The monoisotopic (exact) mass is 316 g/mol. The minimum Gasteiger partial charge on any atom is -0.478 e. The van der Waals surface area contributed by atoms with Gasteiger partial charge in [0.05, 0.1) is 5.56 Å². The van der Waals surface area contributed by atoms with Gasteiger partial charge in [-0.3, -0.25) is 0 Å². The number of carboxylic acids is 1. The second kappa shape index (κ2) is 7.07. The van der Waals surface area contributed by atoms with Gasteiger partial charge >= 0.3 is 5.97 Å². The molecular formula is C13H17BrO2S. The Morgan fingerprint density at radius 3 is 2.59 bits per heavy atom. The topological polar surface area (TPSA) is 37.3 Å². The van der Waals surface area contributed by atoms with Gasteiger partial charge in [-0.25, -0.2) is 4.79 Å². The number of halogens is 1. The maximum atomic E-state index is 11.1. The largest absolute Gasteiger partial charge is 0.478 e. The highest BCUT2D eigenvalue weighted by atomic mass is 79.9. The third-order valence-electron chi connectivity index (χ3n) is 2.80. The van der Waals surface area contributed by atoms with Crippen molar-refractivity contribution in [3.8, 4) is 0 Å². The molecule has 0 unspecified atom stereocenters. The van der Waals surface area contributed by atoms with Gasteiger partial charge in [0.2, 0.25) is 0 Å². The Morgan fingerprint density at radius 1 is 1.41 bits per heavy atom. The highest BCUT2D eigenvalue weighted by Crippen LogP contribution is 2.29. The molecule has 0 aliphatic heterocycles. The van der Waals surface area contributed by atoms with Crippen molar-refractivity contribution < 1.29 is 9.90 Å². The minimum atomic E-state index is -0.857. The molecule has 94 valence electrons. The van der Waals surface area contributed by atoms with E-state index in [4.69, 9.17) is 5.11 Å². The second-order valence-electron chi connectivity index (χ2n) is 3.94. The van der Waals surface area contributed by atoms with Crippen LogP contribution in [0.5, 0.6) is 0 Å². The Labute approximate surface area is 115 Å². The zero-order valence-electron chi connectivity index (χ0n) is 10.1. The van der Waals surface area contributed by atoms with Gasteiger partial charge in [0.15, 0.2) is 0 Å². The van der Waals surface area contributed by atoms with Crippen molar-refractivity contribution in [3.63, 3.8) is 0 Å². The molecule has 0 atom stereocenters. The van der Waals surface area contributed by atoms with Crippen LogP contribution < -0.4 is 0 Å². The summed E-state index contributed by atoms with van der Waals surface area (Å²) in [5, 5.41) is 9.11. The van der Waals surface area contributed by atoms with E-state index >= 15 is 0 Å². The van der Waals surface area contributed by atoms with E-state index in [9.17, 15) is 4.79 Å². The van der Waals surface area contributed by atoms with Crippen LogP contribution in [0.2, 0.25) is 0 Å². The Kier molecular flexibility index (Phi) is 6.06. The maximum Gasteiger partial charge on any atom is 0.336 e. The fraction of sp³-hybridized carbons (Fsp3) is 0.462. The zero-order chi connectivity index (χ0) is 12.8. The lowest BCUT2D eigenvalue weighted by molar-refractivity contribution is 0.0693. The maximum absolute atomic E-state index is 11.1. The van der Waals surface area contributed by atoms with Crippen LogP contribution >= 0.6 is 27.7 Å². The van der Waals surface area contributed by atoms with Gasteiger partial charge in [-0.2, -0.15) is 0 Å². The summed E-state index contributed by atoms with van der Waals surface area (Å²) in [6.45, 7) is 4.35. The fourth-order valence-corrected chi connectivity index (χ4v) is 3.44. The number of carbonyl (C=O) groups is 1. The predicted octanol–water partition coefficient (Wildman–Crippen LogP) is 4.68. The molecule has 1 aromatic carbocycles. The highest BCUT2D eigenvalue weighted by Gasteiger charge is 2.12. The lowest BCUT2D eigenvalue weighted by Crippen LogP contribution is -2.03. The number of carboxylic acid groups (broad SMARTS) is 1. The first-order valence-electron chi connectivity index (χ1n) is 5.74. The van der Waals surface area contributed by atoms with Gasteiger partial charge in [-0.15, -0.1) is 11.8 Å². The zero-order valence-corrected chi connectivity index (χ0v) is 12.5. The molecule has 0 radical (unpaired) electrons. The lowest BCUT2D eigenvalue weighted by atomic mass is 10.1. The van der Waals surface area contributed by atoms with Crippen molar-refractivity contribution in [1.29, 1.82) is 0 Å². The number of hydrogen-bond acceptors (Lipinski definition) is 2. The van der Waals surface area contributed by atoms with E-state index in [1.54, 1.807) is 23.9 Å². The summed E-state index contributed by atoms with van der Waals surface area (Å²) in [5.74, 6) is 0.772. The molecule has 0 fully saturated rings. The van der Waals surface area contributed by atoms with E-state index in [-0.39, 0.29) is 0 Å². The smallest absolute Gasteiger partial charge is 0.336 e. The molecule has 0 aliphatic rings. The number of hydrogen-bond donors (Lipinski definition) is 1. The summed E-state index contributed by atoms with van der Waals surface area (Å²) in [7, 11) is 0. The Balaban J connectivity index is 2.81. The molecule has 1 rings (SSSR count). The molecular weight excluding hydrogens is 300 g/mol. The van der Waals surface area contributed by atoms with Crippen molar-refractivity contribution >= 4 is 33.7 Å². The van der Waals surface area contributed by atoms with Gasteiger partial charge in [-0.1, -0.05) is 42.6 Å². The summed E-state index contributed by atoms with van der Waals surface area (Å²) in [4.78, 5) is 11.9. The molecule has 17 heavy (non-hydrogen) atoms. The van der Waals surface area contributed by atoms with Gasteiger partial charge < -0.3 is 5.11 Å². The van der Waals surface area contributed by atoms with Crippen molar-refractivity contribution in [2.45, 2.75) is 31.6 Å². The highest BCUT2D eigenvalue weighted by molar-refractivity contribution is 9.10. The van der Waals surface area contributed by atoms with Gasteiger partial charge in [0.1, 0.15) is 0 Å². The Morgan fingerprint density at radius 2 is 2.06 bits per heavy atom. The Hall–Kier alpha value is -0.480. The number of rotatable bonds is 6. The van der Waals surface area contributed by atoms with E-state index < -0.39 is 5.97 Å². The molecule has 0 heterocycles. The predicted molar refractivity (Wildman–Crippen MR) is 75.9 cm³/mol. The third-order valence-corrected chi connectivity index (χ3v) is 4.58. The van der Waals surface area contributed by atoms with Crippen molar-refractivity contribution in [1.82, 2.24) is 0 Å². The average molecular weight is 317 g/mol. The molecule has 0 amide bonds. The SMILES string of the molecule is CCC(CC)CSc1cc(Br)ccc1C(=O)O. The van der Waals surface area contributed by atoms with Crippen LogP contribution in [0, 0.1) is 5.92 Å². The number of benzene rings is 1. The first kappa shape index (κ1) is 14.6. The van der Waals surface area contributed by atoms with Gasteiger partial charge in [0.25, 0.3) is 0 Å². The molecule has 2 nitrogen and oxygen atoms in total. The van der Waals surface area contributed by atoms with Crippen LogP contribution in [0.1, 0.15) is 37.0 Å². The number of aromatic carboxylic acids is 1. The molecule has 0 aromatic heterocycles. The molecule has 4 heteroatoms. The second-order valence-corrected chi connectivity index (χ2v) is 5.92. The normalized spacial score (nSPS) is 10.8. The van der Waals surface area contributed by atoms with Crippen LogP contribution in [-0.2, 0) is 0 Å². The van der Waals surface area contributed by atoms with Crippen molar-refractivity contribution in [2.75, 3.05) is 5.75 Å². The van der Waals surface area contributed by atoms with E-state index in [1.807, 2.05) is 6.07 Å². The van der Waals surface area contributed by atoms with E-state index in [1.165, 1.54) is 0 Å². The van der Waals surface area contributed by atoms with Crippen LogP contribution in [-0.4, -0.2) is 16.8 Å². The van der Waals surface area contributed by atoms with E-state index in [2.05, 4.69) is 29.8 Å². The molecule has 0 saturated carbocycles. The summed E-state index contributed by atoms with van der Waals surface area (Å²) in [6, 6.07) is 5.31. The van der Waals surface area contributed by atoms with Crippen molar-refractivity contribution in [3.05, 3.63) is 28.2 Å². The fourth-order valence-electron chi connectivity index (χ4n) is 1.52. The summed E-state index contributed by atoms with van der Waals surface area (Å²) >= 11 is 5.02. The molecule has 0 saturated heterocycles. The van der Waals surface area contributed by atoms with E-state index in [0.717, 1.165) is 28.0 Å². The molecule has 0 spiro atoms. The minimum absolute atomic E-state index is 0.393. The Bertz CT molecular complexity index is 389. The molecule has 1 aromatic rings. The quantitative estimate of drug-likeness (QED) is 0.774. The van der Waals surface area contributed by atoms with Crippen LogP contribution in [0.4, 0.5) is 0 Å². The number of thioether (sulfide) groups is 1. The van der Waals surface area contributed by atoms with E-state index in [0.29, 0.717) is 11.5 Å². The van der Waals surface area contributed by atoms with Crippen LogP contribution in [0.15, 0.2) is 27.6 Å².